The van der Waals surface area contributed by atoms with Gasteiger partial charge in [0, 0.05) is 152 Å². The molecule has 0 aliphatic heterocycles. The Morgan fingerprint density at radius 2 is 0.802 bits per heavy atom. The molecule has 12 rings (SSSR count). The number of ketones is 8. The Bertz CT molecular complexity index is 5020. The van der Waals surface area contributed by atoms with E-state index in [2.05, 4.69) is 75.4 Å². The maximum atomic E-state index is 13.3. The number of aryl methyl sites for hydroxylation is 2. The molecule has 4 aromatic heterocycles. The zero-order valence-corrected chi connectivity index (χ0v) is 73.2. The van der Waals surface area contributed by atoms with E-state index in [0.29, 0.717) is 28.1 Å². The number of nitrogens with zero attached hydrogens (tertiary/aromatic N) is 4. The van der Waals surface area contributed by atoms with E-state index in [4.69, 9.17) is 8.91 Å². The summed E-state index contributed by atoms with van der Waals surface area (Å²) in [5.41, 5.74) is 6.07. The largest absolute Gasteiger partial charge is 0.381 e. The van der Waals surface area contributed by atoms with E-state index >= 15 is 0 Å². The van der Waals surface area contributed by atoms with Gasteiger partial charge in [-0.3, -0.25) is 42.7 Å². The van der Waals surface area contributed by atoms with Crippen LogP contribution in [0.4, 0.5) is 26.3 Å². The van der Waals surface area contributed by atoms with Crippen LogP contribution in [-0.4, -0.2) is 66.2 Å². The van der Waals surface area contributed by atoms with E-state index in [1.54, 1.807) is 31.6 Å². The Hall–Kier alpha value is -9.06. The van der Waals surface area contributed by atoms with Crippen LogP contribution in [0.1, 0.15) is 144 Å². The maximum Gasteiger partial charge on any atom is 0.381 e. The van der Waals surface area contributed by atoms with E-state index in [9.17, 15) is 64.7 Å². The first-order valence-corrected chi connectivity index (χ1v) is 33.8. The molecule has 610 valence electrons. The van der Waals surface area contributed by atoms with Gasteiger partial charge >= 0.3 is 6.18 Å². The van der Waals surface area contributed by atoms with Gasteiger partial charge in [-0.15, -0.1) is 107 Å². The van der Waals surface area contributed by atoms with Crippen molar-refractivity contribution in [1.29, 1.82) is 0 Å². The number of hydrogen-bond donors (Lipinski definition) is 0. The maximum absolute atomic E-state index is 13.3. The smallest absolute Gasteiger partial charge is 0.304 e. The number of aromatic nitrogens is 4. The molecule has 0 saturated heterocycles. The number of carbonyl (C=O) groups is 8. The minimum absolute atomic E-state index is 0. The van der Waals surface area contributed by atoms with Gasteiger partial charge in [-0.05, 0) is 131 Å². The average Bonchev–Trinajstić information content (AvgIpc) is 0.809. The van der Waals surface area contributed by atoms with E-state index < -0.39 is 34.2 Å². The summed E-state index contributed by atoms with van der Waals surface area (Å²) < 4.78 is 107. The van der Waals surface area contributed by atoms with E-state index in [1.807, 2.05) is 163 Å². The second-order valence-electron chi connectivity index (χ2n) is 27.0. The quantitative estimate of drug-likeness (QED) is 0.0640. The standard InChI is InChI=1S/C16H9F3N.C16H11FN.C16H12N.C15H8F2N.C11H20O2.3C5H8O2.4Ir.10H2/c17-16(18,19)13-7-5-12(6-8-13)15-14-4-2-1-3-11(14)9-10-20-15;1-11-10-13(6-7-15(11)17)16-14-5-3-2-4-12(14)8-9-18-16;1-12-5-4-8-14(9-12)16-10-13-6-2-3-7-15(13)11-17-16;16-12-7-11(8-13(17)9-12)15-14-4-2-1-3-10(14)5-6-18-15;1-10(2,3)8(12)7-9(13)11(4,5)6;3*1-4(6)3-5(2)7;;;;;;;;;;;;;;/h1-5,7-10H;2-5,7-10H,1H3;2-7,9-11H,1H3;1-7,9H;7H2,1-6H3;3*3H2,1-2H3;;;;;10*1H/q4*-1;;;;;;;;;;;;;;;;;;/i;;;;;;;;;;;;3*1+1D;7*1+1. The van der Waals surface area contributed by atoms with E-state index in [-0.39, 0.29) is 168 Å². The third-order valence-electron chi connectivity index (χ3n) is 15.2. The molecule has 8 aromatic carbocycles. The van der Waals surface area contributed by atoms with Crippen LogP contribution in [0, 0.1) is 66.4 Å². The molecule has 22 heteroatoms. The molecule has 0 unspecified atom stereocenters. The molecule has 4 heterocycles. The van der Waals surface area contributed by atoms with Crippen LogP contribution < -0.4 is 0 Å². The van der Waals surface area contributed by atoms with Gasteiger partial charge in [-0.1, -0.05) is 170 Å². The van der Waals surface area contributed by atoms with Crippen LogP contribution >= 0.6 is 0 Å². The van der Waals surface area contributed by atoms with Crippen molar-refractivity contribution in [3.63, 3.8) is 0 Å². The van der Waals surface area contributed by atoms with Crippen molar-refractivity contribution in [2.24, 2.45) is 10.8 Å². The SMILES string of the molecule is CC(=O)CC(C)=O.CC(=O)CC(C)=O.CC(=O)CC(C)=O.CC(C)(C)C(=O)CC(=O)C(C)(C)C.Cc1cc(-c2nccc3ccccc23)[c-]cc1F.Cc1cc[c-]c(-c2cc3ccccc3cn2)c1.FC(F)(F)c1c[c-]c(-c2nccc3ccccc23)cc1.Fc1[c-]c(-c2nccc3ccccc23)cc(F)c1.[2HH].[2HH].[2HH].[2HH].[2HH].[2HH].[2HH].[2H][2H].[2H][2H].[2H][2H].[Ir].[Ir].[Ir].[Ir]. The fourth-order valence-electron chi connectivity index (χ4n) is 9.79. The predicted molar refractivity (Wildman–Crippen MR) is 431 cm³/mol. The van der Waals surface area contributed by atoms with Gasteiger partial charge in [0.25, 0.3) is 0 Å². The zero-order chi connectivity index (χ0) is 85.3. The second-order valence-corrected chi connectivity index (χ2v) is 27.0. The normalized spacial score (nSPS) is 10.5. The number of rotatable bonds is 12. The molecule has 0 spiro atoms. The van der Waals surface area contributed by atoms with Crippen LogP contribution in [0.25, 0.3) is 88.1 Å². The van der Waals surface area contributed by atoms with Crippen molar-refractivity contribution in [1.82, 2.24) is 19.9 Å². The monoisotopic (exact) mass is 2260 g/mol. The number of benzene rings is 8. The van der Waals surface area contributed by atoms with Crippen molar-refractivity contribution in [2.45, 2.75) is 129 Å². The minimum atomic E-state index is -4.35. The Kier molecular flexibility index (Phi) is 40.8. The molecule has 0 saturated carbocycles. The van der Waals surface area contributed by atoms with Crippen LogP contribution in [0.3, 0.4) is 0 Å². The zero-order valence-electron chi connectivity index (χ0n) is 69.6. The Morgan fingerprint density at radius 3 is 1.17 bits per heavy atom. The van der Waals surface area contributed by atoms with Gasteiger partial charge in [0.05, 0.1) is 25.7 Å². The molecular weight excluding hydrogens is 2140 g/mol. The van der Waals surface area contributed by atoms with Crippen molar-refractivity contribution < 1.29 is 164 Å². The van der Waals surface area contributed by atoms with Gasteiger partial charge in [-0.2, -0.15) is 13.2 Å². The Morgan fingerprint density at radius 1 is 0.405 bits per heavy atom. The minimum Gasteiger partial charge on any atom is -0.304 e. The van der Waals surface area contributed by atoms with Gasteiger partial charge in [0.2, 0.25) is 0 Å². The van der Waals surface area contributed by atoms with Gasteiger partial charge < -0.3 is 19.9 Å². The van der Waals surface area contributed by atoms with E-state index in [0.717, 1.165) is 73.0 Å². The van der Waals surface area contributed by atoms with Crippen LogP contribution in [0.2, 0.25) is 0 Å². The summed E-state index contributed by atoms with van der Waals surface area (Å²) in [4.78, 5) is 101. The third-order valence-corrected chi connectivity index (χ3v) is 15.2. The fraction of sp³-hybridized carbons (Fsp3) is 0.236. The summed E-state index contributed by atoms with van der Waals surface area (Å²) in [6, 6.07) is 65.3. The molecular formula is C89H104F6Ir4N4O8-4. The number of pyridine rings is 4. The number of alkyl halides is 3. The first kappa shape index (κ1) is 94.3. The summed E-state index contributed by atoms with van der Waals surface area (Å²) in [5.74, 6) is -1.92. The molecule has 12 nitrogen and oxygen atoms in total. The molecule has 0 amide bonds. The number of halogens is 6. The van der Waals surface area contributed by atoms with Gasteiger partial charge in [-0.25, -0.2) is 8.78 Å². The number of carbonyl (C=O) groups excluding carboxylic acids is 8. The molecule has 0 aliphatic carbocycles. The van der Waals surface area contributed by atoms with Gasteiger partial charge in [0.1, 0.15) is 46.3 Å². The molecule has 0 aliphatic rings. The third kappa shape index (κ3) is 34.6. The summed E-state index contributed by atoms with van der Waals surface area (Å²) in [6.07, 6.45) is 2.91. The first-order valence-electron chi connectivity index (χ1n) is 36.8. The summed E-state index contributed by atoms with van der Waals surface area (Å²) in [6.45, 7) is 23.3. The topological polar surface area (TPSA) is 188 Å². The van der Waals surface area contributed by atoms with Crippen molar-refractivity contribution in [3.05, 3.63) is 265 Å². The molecule has 0 fully saturated rings. The Labute approximate surface area is 718 Å². The van der Waals surface area contributed by atoms with Gasteiger partial charge in [0.15, 0.2) is 0 Å². The molecule has 0 atom stereocenters. The summed E-state index contributed by atoms with van der Waals surface area (Å²) in [7, 11) is 0. The van der Waals surface area contributed by atoms with Crippen molar-refractivity contribution in [3.8, 4) is 45.0 Å². The number of hydrogen-bond acceptors (Lipinski definition) is 12. The van der Waals surface area contributed by atoms with E-state index in [1.165, 1.54) is 76.1 Å². The molecule has 12 aromatic rings. The fourth-order valence-corrected chi connectivity index (χ4v) is 9.79. The summed E-state index contributed by atoms with van der Waals surface area (Å²) in [5, 5.41) is 8.27. The van der Waals surface area contributed by atoms with Crippen molar-refractivity contribution >= 4 is 89.4 Å². The second kappa shape index (κ2) is 48.0. The van der Waals surface area contributed by atoms with Crippen LogP contribution in [-0.2, 0) is 125 Å². The molecule has 4 radical (unpaired) electrons. The molecule has 0 bridgehead atoms. The van der Waals surface area contributed by atoms with Crippen LogP contribution in [0.5, 0.6) is 0 Å². The first-order chi connectivity index (χ1) is 53.3. The number of fused-ring (bicyclic) bond motifs is 4. The average molecular weight is 2250 g/mol. The van der Waals surface area contributed by atoms with Crippen LogP contribution in [0.15, 0.2) is 207 Å². The predicted octanol–water partition coefficient (Wildman–Crippen LogP) is 23.6. The van der Waals surface area contributed by atoms with Crippen molar-refractivity contribution in [2.75, 3.05) is 0 Å². The molecule has 0 N–H and O–H groups in total. The number of Topliss-reactive ketones (excluding diaryl/α,β-unsaturated/α-hetero) is 8. The summed E-state index contributed by atoms with van der Waals surface area (Å²) >= 11 is 0. The molecule has 111 heavy (non-hydrogen) atoms. The Balaban J connectivity index is -0.000000150.